The molecule has 104 valence electrons. The summed E-state index contributed by atoms with van der Waals surface area (Å²) in [5.41, 5.74) is 5.38. The Morgan fingerprint density at radius 1 is 1.26 bits per heavy atom. The van der Waals surface area contributed by atoms with Gasteiger partial charge in [-0.15, -0.1) is 0 Å². The van der Waals surface area contributed by atoms with Gasteiger partial charge in [-0.25, -0.2) is 9.78 Å². The summed E-state index contributed by atoms with van der Waals surface area (Å²) in [6, 6.07) is 0. The Morgan fingerprint density at radius 3 is 2.53 bits per heavy atom. The van der Waals surface area contributed by atoms with Crippen molar-refractivity contribution >= 4 is 11.2 Å². The van der Waals surface area contributed by atoms with E-state index in [2.05, 4.69) is 4.98 Å². The molecule has 0 aromatic carbocycles. The van der Waals surface area contributed by atoms with Crippen LogP contribution in [-0.4, -0.2) is 32.3 Å². The zero-order valence-electron chi connectivity index (χ0n) is 11.2. The van der Waals surface area contributed by atoms with Gasteiger partial charge in [0.2, 0.25) is 0 Å². The molecule has 0 bridgehead atoms. The summed E-state index contributed by atoms with van der Waals surface area (Å²) in [5, 5.41) is 0. The van der Waals surface area contributed by atoms with Crippen LogP contribution < -0.4 is 17.0 Å². The summed E-state index contributed by atoms with van der Waals surface area (Å²) < 4.78 is 9.15. The minimum atomic E-state index is -0.412. The third-order valence-corrected chi connectivity index (χ3v) is 3.08. The number of ether oxygens (including phenoxy) is 1. The highest BCUT2D eigenvalue weighted by Gasteiger charge is 2.17. The van der Waals surface area contributed by atoms with E-state index in [4.69, 9.17) is 10.5 Å². The predicted molar refractivity (Wildman–Crippen MR) is 70.0 cm³/mol. The van der Waals surface area contributed by atoms with E-state index in [1.54, 1.807) is 25.8 Å². The average molecular weight is 267 g/mol. The number of aromatic nitrogens is 4. The highest BCUT2D eigenvalue weighted by atomic mass is 16.5. The maximum Gasteiger partial charge on any atom is 0.332 e. The first kappa shape index (κ1) is 13.5. The maximum absolute atomic E-state index is 12.3. The summed E-state index contributed by atoms with van der Waals surface area (Å²) in [6.07, 6.45) is 0. The first-order valence-corrected chi connectivity index (χ1v) is 5.87. The molecule has 0 atom stereocenters. The van der Waals surface area contributed by atoms with Crippen molar-refractivity contribution in [3.05, 3.63) is 26.7 Å². The number of hydrogen-bond acceptors (Lipinski definition) is 5. The third kappa shape index (κ3) is 1.98. The topological polar surface area (TPSA) is 97.1 Å². The number of nitrogens with two attached hydrogens (primary N) is 1. The molecule has 2 aromatic rings. The lowest BCUT2D eigenvalue weighted by Gasteiger charge is -2.07. The van der Waals surface area contributed by atoms with Crippen molar-refractivity contribution in [1.29, 1.82) is 0 Å². The van der Waals surface area contributed by atoms with Gasteiger partial charge in [0.15, 0.2) is 11.2 Å². The second kappa shape index (κ2) is 4.98. The Labute approximate surface area is 109 Å². The number of aryl methyl sites for hydroxylation is 2. The SMILES string of the molecule is COCc1nc2c(c(=O)n(CCN)c(=O)n2C)n1C. The zero-order chi connectivity index (χ0) is 14.2. The van der Waals surface area contributed by atoms with Crippen molar-refractivity contribution in [3.8, 4) is 0 Å². The molecular weight excluding hydrogens is 250 g/mol. The van der Waals surface area contributed by atoms with Crippen molar-refractivity contribution in [2.75, 3.05) is 13.7 Å². The van der Waals surface area contributed by atoms with Gasteiger partial charge in [-0.1, -0.05) is 0 Å². The molecular formula is C11H17N5O3. The van der Waals surface area contributed by atoms with Crippen LogP contribution in [0.5, 0.6) is 0 Å². The van der Waals surface area contributed by atoms with Crippen LogP contribution in [0.25, 0.3) is 11.2 Å². The fourth-order valence-electron chi connectivity index (χ4n) is 2.07. The van der Waals surface area contributed by atoms with Crippen LogP contribution in [0.1, 0.15) is 5.82 Å². The van der Waals surface area contributed by atoms with E-state index in [1.165, 1.54) is 4.57 Å². The summed E-state index contributed by atoms with van der Waals surface area (Å²) in [5.74, 6) is 0.593. The molecule has 0 fully saturated rings. The number of methoxy groups -OCH3 is 1. The minimum absolute atomic E-state index is 0.187. The lowest BCUT2D eigenvalue weighted by atomic mass is 10.5. The third-order valence-electron chi connectivity index (χ3n) is 3.08. The number of rotatable bonds is 4. The fraction of sp³-hybridized carbons (Fsp3) is 0.545. The highest BCUT2D eigenvalue weighted by molar-refractivity contribution is 5.70. The Morgan fingerprint density at radius 2 is 1.95 bits per heavy atom. The van der Waals surface area contributed by atoms with Gasteiger partial charge in [0, 0.05) is 34.3 Å². The Hall–Kier alpha value is -1.93. The lowest BCUT2D eigenvalue weighted by molar-refractivity contribution is 0.175. The molecule has 2 N–H and O–H groups in total. The maximum atomic E-state index is 12.3. The summed E-state index contributed by atoms with van der Waals surface area (Å²) in [7, 11) is 4.86. The number of imidazole rings is 1. The van der Waals surface area contributed by atoms with Gasteiger partial charge >= 0.3 is 5.69 Å². The Bertz CT molecular complexity index is 724. The van der Waals surface area contributed by atoms with Crippen LogP contribution in [0.3, 0.4) is 0 Å². The fourth-order valence-corrected chi connectivity index (χ4v) is 2.07. The van der Waals surface area contributed by atoms with Gasteiger partial charge in [0.25, 0.3) is 5.56 Å². The molecule has 2 heterocycles. The number of fused-ring (bicyclic) bond motifs is 1. The van der Waals surface area contributed by atoms with Gasteiger partial charge in [-0.2, -0.15) is 0 Å². The van der Waals surface area contributed by atoms with E-state index in [1.807, 2.05) is 0 Å². The molecule has 0 saturated carbocycles. The van der Waals surface area contributed by atoms with Gasteiger partial charge in [0.1, 0.15) is 12.4 Å². The standard InChI is InChI=1S/C11H17N5O3/c1-14-7(6-19-3)13-9-8(14)10(17)16(5-4-12)11(18)15(9)2/h4-6,12H2,1-3H3. The summed E-state index contributed by atoms with van der Waals surface area (Å²) in [6.45, 7) is 0.686. The van der Waals surface area contributed by atoms with Gasteiger partial charge in [-0.05, 0) is 0 Å². The minimum Gasteiger partial charge on any atom is -0.377 e. The molecule has 0 radical (unpaired) electrons. The van der Waals surface area contributed by atoms with Crippen LogP contribution in [0.2, 0.25) is 0 Å². The van der Waals surface area contributed by atoms with Crippen molar-refractivity contribution in [3.63, 3.8) is 0 Å². The van der Waals surface area contributed by atoms with Gasteiger partial charge < -0.3 is 15.0 Å². The first-order valence-electron chi connectivity index (χ1n) is 5.87. The van der Waals surface area contributed by atoms with Gasteiger partial charge in [0.05, 0.1) is 0 Å². The quantitative estimate of drug-likeness (QED) is 0.730. The predicted octanol–water partition coefficient (Wildman–Crippen LogP) is -1.46. The molecule has 0 saturated heterocycles. The molecule has 0 amide bonds. The lowest BCUT2D eigenvalue weighted by Crippen LogP contribution is -2.41. The van der Waals surface area contributed by atoms with Crippen LogP contribution >= 0.6 is 0 Å². The van der Waals surface area contributed by atoms with Crippen molar-refractivity contribution < 1.29 is 4.74 Å². The van der Waals surface area contributed by atoms with E-state index in [0.29, 0.717) is 17.0 Å². The van der Waals surface area contributed by atoms with E-state index in [9.17, 15) is 9.59 Å². The molecule has 0 aliphatic heterocycles. The van der Waals surface area contributed by atoms with Crippen molar-refractivity contribution in [2.45, 2.75) is 13.2 Å². The van der Waals surface area contributed by atoms with E-state index >= 15 is 0 Å². The van der Waals surface area contributed by atoms with Crippen LogP contribution in [0, 0.1) is 0 Å². The van der Waals surface area contributed by atoms with Crippen LogP contribution in [0.4, 0.5) is 0 Å². The van der Waals surface area contributed by atoms with Crippen LogP contribution in [0.15, 0.2) is 9.59 Å². The number of nitrogens with zero attached hydrogens (tertiary/aromatic N) is 4. The molecule has 8 heteroatoms. The van der Waals surface area contributed by atoms with Crippen molar-refractivity contribution in [2.24, 2.45) is 19.8 Å². The van der Waals surface area contributed by atoms with E-state index in [-0.39, 0.29) is 25.3 Å². The Balaban J connectivity index is 2.87. The second-order valence-electron chi connectivity index (χ2n) is 4.28. The molecule has 0 spiro atoms. The summed E-state index contributed by atoms with van der Waals surface area (Å²) >= 11 is 0. The second-order valence-corrected chi connectivity index (χ2v) is 4.28. The highest BCUT2D eigenvalue weighted by Crippen LogP contribution is 2.09. The molecule has 8 nitrogen and oxygen atoms in total. The first-order chi connectivity index (χ1) is 9.02. The largest absolute Gasteiger partial charge is 0.377 e. The summed E-state index contributed by atoms with van der Waals surface area (Å²) in [4.78, 5) is 28.7. The van der Waals surface area contributed by atoms with Crippen LogP contribution in [-0.2, 0) is 32.0 Å². The molecule has 0 aliphatic carbocycles. The number of hydrogen-bond donors (Lipinski definition) is 1. The Kier molecular flexibility index (Phi) is 3.54. The normalized spacial score (nSPS) is 11.4. The molecule has 0 aliphatic rings. The molecule has 2 aromatic heterocycles. The molecule has 19 heavy (non-hydrogen) atoms. The van der Waals surface area contributed by atoms with E-state index < -0.39 is 5.69 Å². The smallest absolute Gasteiger partial charge is 0.332 e. The van der Waals surface area contributed by atoms with Crippen molar-refractivity contribution in [1.82, 2.24) is 18.7 Å². The van der Waals surface area contributed by atoms with E-state index in [0.717, 1.165) is 4.57 Å². The average Bonchev–Trinajstić information content (AvgIpc) is 2.71. The molecule has 0 unspecified atom stereocenters. The molecule has 2 rings (SSSR count). The zero-order valence-corrected chi connectivity index (χ0v) is 11.2. The monoisotopic (exact) mass is 267 g/mol. The van der Waals surface area contributed by atoms with Gasteiger partial charge in [-0.3, -0.25) is 13.9 Å².